The number of amides is 1. The number of nitrogens with zero attached hydrogens (tertiary/aromatic N) is 4. The maximum atomic E-state index is 13.6. The molecule has 0 aliphatic carbocycles. The van der Waals surface area contributed by atoms with Crippen LogP contribution in [0.3, 0.4) is 0 Å². The number of carbonyl (C=O) groups excluding carboxylic acids is 1. The van der Waals surface area contributed by atoms with Crippen molar-refractivity contribution in [1.82, 2.24) is 15.1 Å². The van der Waals surface area contributed by atoms with E-state index in [1.54, 1.807) is 29.4 Å². The molecule has 28 heavy (non-hydrogen) atoms. The summed E-state index contributed by atoms with van der Waals surface area (Å²) in [6.07, 6.45) is 1.59. The first-order chi connectivity index (χ1) is 13.7. The summed E-state index contributed by atoms with van der Waals surface area (Å²) in [6, 6.07) is 13.4. The molecule has 3 aromatic rings. The molecule has 144 valence electrons. The van der Waals surface area contributed by atoms with Crippen molar-refractivity contribution >= 4 is 11.7 Å². The molecule has 2 aromatic heterocycles. The molecule has 1 amide bonds. The van der Waals surface area contributed by atoms with Crippen molar-refractivity contribution in [1.29, 1.82) is 0 Å². The van der Waals surface area contributed by atoms with Crippen LogP contribution in [0.15, 0.2) is 59.2 Å². The third kappa shape index (κ3) is 3.95. The Bertz CT molecular complexity index is 923. The number of piperazine rings is 1. The second kappa shape index (κ2) is 8.08. The summed E-state index contributed by atoms with van der Waals surface area (Å²) in [5.74, 6) is 0.870. The van der Waals surface area contributed by atoms with E-state index in [0.717, 1.165) is 5.82 Å². The summed E-state index contributed by atoms with van der Waals surface area (Å²) in [4.78, 5) is 16.1. The van der Waals surface area contributed by atoms with Crippen LogP contribution in [0.4, 0.5) is 10.2 Å². The van der Waals surface area contributed by atoms with Crippen molar-refractivity contribution < 1.29 is 18.3 Å². The molecule has 0 spiro atoms. The van der Waals surface area contributed by atoms with Gasteiger partial charge in [0.05, 0.1) is 6.26 Å². The quantitative estimate of drug-likeness (QED) is 0.676. The third-order valence-corrected chi connectivity index (χ3v) is 4.57. The van der Waals surface area contributed by atoms with Crippen molar-refractivity contribution in [3.05, 3.63) is 60.6 Å². The van der Waals surface area contributed by atoms with Crippen molar-refractivity contribution in [3.63, 3.8) is 0 Å². The standard InChI is InChI=1S/C20H19FN4O3/c21-15-4-1-2-5-17(15)28-14-20(26)25-11-9-24(10-12-25)19-8-7-16(22-23-19)18-6-3-13-27-18/h1-8,13H,9-12,14H2. The molecule has 0 atom stereocenters. The lowest BCUT2D eigenvalue weighted by molar-refractivity contribution is -0.133. The number of rotatable bonds is 5. The molecule has 0 bridgehead atoms. The molecule has 8 heteroatoms. The van der Waals surface area contributed by atoms with Gasteiger partial charge in [-0.1, -0.05) is 12.1 Å². The first-order valence-corrected chi connectivity index (χ1v) is 8.98. The highest BCUT2D eigenvalue weighted by atomic mass is 19.1. The fraction of sp³-hybridized carbons (Fsp3) is 0.250. The topological polar surface area (TPSA) is 71.7 Å². The van der Waals surface area contributed by atoms with Gasteiger partial charge in [-0.2, -0.15) is 0 Å². The molecule has 1 aliphatic rings. The number of aromatic nitrogens is 2. The molecule has 0 saturated carbocycles. The van der Waals surface area contributed by atoms with Crippen LogP contribution in [-0.4, -0.2) is 53.8 Å². The monoisotopic (exact) mass is 382 g/mol. The van der Waals surface area contributed by atoms with E-state index in [1.807, 2.05) is 18.2 Å². The van der Waals surface area contributed by atoms with Gasteiger partial charge in [0.1, 0.15) is 5.69 Å². The highest BCUT2D eigenvalue weighted by Gasteiger charge is 2.22. The van der Waals surface area contributed by atoms with E-state index in [0.29, 0.717) is 37.6 Å². The molecular formula is C20H19FN4O3. The van der Waals surface area contributed by atoms with Crippen molar-refractivity contribution in [2.75, 3.05) is 37.7 Å². The van der Waals surface area contributed by atoms with Gasteiger partial charge in [0.15, 0.2) is 29.8 Å². The van der Waals surface area contributed by atoms with Gasteiger partial charge >= 0.3 is 0 Å². The zero-order valence-electron chi connectivity index (χ0n) is 15.1. The Morgan fingerprint density at radius 3 is 2.54 bits per heavy atom. The summed E-state index contributed by atoms with van der Waals surface area (Å²) in [7, 11) is 0. The lowest BCUT2D eigenvalue weighted by atomic mass is 10.2. The van der Waals surface area contributed by atoms with Crippen molar-refractivity contribution in [2.45, 2.75) is 0 Å². The number of anilines is 1. The summed E-state index contributed by atoms with van der Waals surface area (Å²) in [5, 5.41) is 8.46. The molecule has 0 radical (unpaired) electrons. The van der Waals surface area contributed by atoms with Gasteiger partial charge < -0.3 is 19.0 Å². The van der Waals surface area contributed by atoms with E-state index in [-0.39, 0.29) is 18.3 Å². The molecule has 1 fully saturated rings. The zero-order chi connectivity index (χ0) is 19.3. The van der Waals surface area contributed by atoms with E-state index in [1.165, 1.54) is 12.1 Å². The zero-order valence-corrected chi connectivity index (χ0v) is 15.1. The van der Waals surface area contributed by atoms with Crippen LogP contribution in [0.1, 0.15) is 0 Å². The van der Waals surface area contributed by atoms with Gasteiger partial charge in [-0.3, -0.25) is 4.79 Å². The van der Waals surface area contributed by atoms with Gasteiger partial charge in [0.2, 0.25) is 0 Å². The molecule has 7 nitrogen and oxygen atoms in total. The van der Waals surface area contributed by atoms with Crippen LogP contribution in [0.5, 0.6) is 5.75 Å². The molecular weight excluding hydrogens is 363 g/mol. The number of ether oxygens (including phenoxy) is 1. The first kappa shape index (κ1) is 18.0. The normalized spacial score (nSPS) is 14.2. The number of hydrogen-bond donors (Lipinski definition) is 0. The fourth-order valence-corrected chi connectivity index (χ4v) is 3.03. The minimum atomic E-state index is -0.475. The number of benzene rings is 1. The van der Waals surface area contributed by atoms with Gasteiger partial charge in [-0.25, -0.2) is 4.39 Å². The molecule has 1 saturated heterocycles. The summed E-state index contributed by atoms with van der Waals surface area (Å²) in [6.45, 7) is 2.18. The number of furan rings is 1. The van der Waals surface area contributed by atoms with Gasteiger partial charge in [0, 0.05) is 26.2 Å². The Hall–Kier alpha value is -3.42. The highest BCUT2D eigenvalue weighted by molar-refractivity contribution is 5.78. The Morgan fingerprint density at radius 2 is 1.86 bits per heavy atom. The average Bonchev–Trinajstić information content (AvgIpc) is 3.28. The highest BCUT2D eigenvalue weighted by Crippen LogP contribution is 2.20. The second-order valence-electron chi connectivity index (χ2n) is 6.34. The van der Waals surface area contributed by atoms with Gasteiger partial charge in [-0.15, -0.1) is 10.2 Å². The van der Waals surface area contributed by atoms with Gasteiger partial charge in [-0.05, 0) is 36.4 Å². The minimum absolute atomic E-state index is 0.0846. The molecule has 1 aliphatic heterocycles. The van der Waals surface area contributed by atoms with E-state index in [4.69, 9.17) is 9.15 Å². The van der Waals surface area contributed by atoms with Crippen molar-refractivity contribution in [2.24, 2.45) is 0 Å². The molecule has 3 heterocycles. The SMILES string of the molecule is O=C(COc1ccccc1F)N1CCN(c2ccc(-c3ccco3)nn2)CC1. The van der Waals surface area contributed by atoms with Crippen LogP contribution >= 0.6 is 0 Å². The number of para-hydroxylation sites is 1. The second-order valence-corrected chi connectivity index (χ2v) is 6.34. The predicted molar refractivity (Wildman–Crippen MR) is 100 cm³/mol. The Morgan fingerprint density at radius 1 is 1.04 bits per heavy atom. The lowest BCUT2D eigenvalue weighted by Crippen LogP contribution is -2.50. The Balaban J connectivity index is 1.29. The average molecular weight is 382 g/mol. The number of hydrogen-bond acceptors (Lipinski definition) is 6. The number of halogens is 1. The third-order valence-electron chi connectivity index (χ3n) is 4.57. The first-order valence-electron chi connectivity index (χ1n) is 8.98. The molecule has 0 N–H and O–H groups in total. The molecule has 0 unspecified atom stereocenters. The summed E-state index contributed by atoms with van der Waals surface area (Å²) >= 11 is 0. The summed E-state index contributed by atoms with van der Waals surface area (Å²) in [5.41, 5.74) is 0.674. The van der Waals surface area contributed by atoms with Crippen LogP contribution < -0.4 is 9.64 Å². The fourth-order valence-electron chi connectivity index (χ4n) is 3.03. The molecule has 4 rings (SSSR count). The minimum Gasteiger partial charge on any atom is -0.481 e. The summed E-state index contributed by atoms with van der Waals surface area (Å²) < 4.78 is 24.2. The van der Waals surface area contributed by atoms with Crippen LogP contribution in [0.25, 0.3) is 11.5 Å². The molecule has 1 aromatic carbocycles. The maximum absolute atomic E-state index is 13.6. The predicted octanol–water partition coefficient (Wildman–Crippen LogP) is 2.60. The lowest BCUT2D eigenvalue weighted by Gasteiger charge is -2.35. The van der Waals surface area contributed by atoms with Gasteiger partial charge in [0.25, 0.3) is 5.91 Å². The Kier molecular flexibility index (Phi) is 5.18. The van der Waals surface area contributed by atoms with Crippen LogP contribution in [0.2, 0.25) is 0 Å². The Labute approximate surface area is 161 Å². The van der Waals surface area contributed by atoms with Crippen molar-refractivity contribution in [3.8, 4) is 17.2 Å². The van der Waals surface area contributed by atoms with E-state index in [2.05, 4.69) is 15.1 Å². The maximum Gasteiger partial charge on any atom is 0.260 e. The van der Waals surface area contributed by atoms with E-state index < -0.39 is 5.82 Å². The van der Waals surface area contributed by atoms with E-state index >= 15 is 0 Å². The number of carbonyl (C=O) groups is 1. The van der Waals surface area contributed by atoms with Crippen LogP contribution in [0, 0.1) is 5.82 Å². The smallest absolute Gasteiger partial charge is 0.260 e. The largest absolute Gasteiger partial charge is 0.481 e. The van der Waals surface area contributed by atoms with Crippen LogP contribution in [-0.2, 0) is 4.79 Å². The van der Waals surface area contributed by atoms with E-state index in [9.17, 15) is 9.18 Å².